The molecule has 2 aromatic heterocycles. The summed E-state index contributed by atoms with van der Waals surface area (Å²) in [7, 11) is 0. The van der Waals surface area contributed by atoms with Crippen LogP contribution in [0.15, 0.2) is 79.1 Å². The van der Waals surface area contributed by atoms with Gasteiger partial charge in [0, 0.05) is 10.8 Å². The minimum absolute atomic E-state index is 0.280. The van der Waals surface area contributed by atoms with Gasteiger partial charge in [0.1, 0.15) is 11.2 Å². The van der Waals surface area contributed by atoms with E-state index in [1.807, 2.05) is 36.4 Å². The molecular formula is C28H30O6. The standard InChI is InChI=1S/C28H30O6/c29-27-25(19-21-13-7-9-15-23(21)33-27)31-17-11-5-3-1-2-4-6-12-18-32-26-20-22-14-8-10-16-24(22)34-28(26)30/h7-10,13-16,19-20H,1-6,11-12,17-18H2. The van der Waals surface area contributed by atoms with Gasteiger partial charge in [-0.2, -0.15) is 0 Å². The lowest BCUT2D eigenvalue weighted by atomic mass is 10.1. The molecule has 4 rings (SSSR count). The second-order valence-electron chi connectivity index (χ2n) is 8.40. The number of rotatable bonds is 13. The smallest absolute Gasteiger partial charge is 0.379 e. The van der Waals surface area contributed by atoms with Crippen molar-refractivity contribution in [1.82, 2.24) is 0 Å². The third kappa shape index (κ3) is 6.50. The van der Waals surface area contributed by atoms with Gasteiger partial charge in [-0.15, -0.1) is 0 Å². The summed E-state index contributed by atoms with van der Waals surface area (Å²) in [6.07, 6.45) is 8.59. The Bertz CT molecular complexity index is 1220. The highest BCUT2D eigenvalue weighted by Gasteiger charge is 2.07. The first kappa shape index (κ1) is 23.6. The van der Waals surface area contributed by atoms with Crippen molar-refractivity contribution >= 4 is 21.9 Å². The molecule has 178 valence electrons. The predicted octanol–water partition coefficient (Wildman–Crippen LogP) is 6.48. The first-order valence-corrected chi connectivity index (χ1v) is 12.0. The summed E-state index contributed by atoms with van der Waals surface area (Å²) in [5.41, 5.74) is 0.296. The third-order valence-corrected chi connectivity index (χ3v) is 5.77. The first-order valence-electron chi connectivity index (χ1n) is 12.0. The second-order valence-corrected chi connectivity index (χ2v) is 8.40. The molecule has 2 aromatic carbocycles. The van der Waals surface area contributed by atoms with Gasteiger partial charge in [-0.25, -0.2) is 9.59 Å². The molecule has 0 spiro atoms. The van der Waals surface area contributed by atoms with Crippen molar-refractivity contribution in [3.05, 3.63) is 81.5 Å². The van der Waals surface area contributed by atoms with Crippen LogP contribution in [0.1, 0.15) is 51.4 Å². The maximum absolute atomic E-state index is 12.0. The van der Waals surface area contributed by atoms with Crippen molar-refractivity contribution in [2.75, 3.05) is 13.2 Å². The average Bonchev–Trinajstić information content (AvgIpc) is 2.85. The summed E-state index contributed by atoms with van der Waals surface area (Å²) in [6, 6.07) is 18.3. The van der Waals surface area contributed by atoms with Crippen LogP contribution in [0, 0.1) is 0 Å². The van der Waals surface area contributed by atoms with Crippen LogP contribution >= 0.6 is 0 Å². The van der Waals surface area contributed by atoms with E-state index in [0.29, 0.717) is 24.4 Å². The van der Waals surface area contributed by atoms with Crippen molar-refractivity contribution in [2.45, 2.75) is 51.4 Å². The van der Waals surface area contributed by atoms with Gasteiger partial charge in [0.15, 0.2) is 0 Å². The number of hydrogen-bond acceptors (Lipinski definition) is 6. The molecule has 0 bridgehead atoms. The fourth-order valence-corrected chi connectivity index (χ4v) is 3.92. The molecule has 0 saturated heterocycles. The van der Waals surface area contributed by atoms with Crippen LogP contribution in [0.3, 0.4) is 0 Å². The lowest BCUT2D eigenvalue weighted by molar-refractivity contribution is 0.288. The van der Waals surface area contributed by atoms with Gasteiger partial charge in [-0.05, 0) is 37.1 Å². The molecule has 2 heterocycles. The highest BCUT2D eigenvalue weighted by atomic mass is 16.5. The van der Waals surface area contributed by atoms with Gasteiger partial charge in [0.05, 0.1) is 13.2 Å². The van der Waals surface area contributed by atoms with Gasteiger partial charge in [0.25, 0.3) is 0 Å². The summed E-state index contributed by atoms with van der Waals surface area (Å²) >= 11 is 0. The molecule has 0 amide bonds. The van der Waals surface area contributed by atoms with Crippen LogP contribution in [0.4, 0.5) is 0 Å². The van der Waals surface area contributed by atoms with Crippen molar-refractivity contribution in [3.8, 4) is 11.5 Å². The van der Waals surface area contributed by atoms with E-state index in [-0.39, 0.29) is 11.5 Å². The zero-order chi connectivity index (χ0) is 23.6. The normalized spacial score (nSPS) is 11.2. The molecule has 0 fully saturated rings. The minimum Gasteiger partial charge on any atom is -0.487 e. The van der Waals surface area contributed by atoms with E-state index >= 15 is 0 Å². The van der Waals surface area contributed by atoms with E-state index in [1.165, 1.54) is 12.8 Å². The van der Waals surface area contributed by atoms with Crippen molar-refractivity contribution in [1.29, 1.82) is 0 Å². The topological polar surface area (TPSA) is 78.9 Å². The van der Waals surface area contributed by atoms with Gasteiger partial charge >= 0.3 is 11.3 Å². The molecule has 6 nitrogen and oxygen atoms in total. The van der Waals surface area contributed by atoms with Crippen LogP contribution in [0.2, 0.25) is 0 Å². The van der Waals surface area contributed by atoms with Crippen LogP contribution in [-0.2, 0) is 0 Å². The van der Waals surface area contributed by atoms with E-state index in [0.717, 1.165) is 49.3 Å². The number of ether oxygens (including phenoxy) is 2. The third-order valence-electron chi connectivity index (χ3n) is 5.77. The monoisotopic (exact) mass is 462 g/mol. The van der Waals surface area contributed by atoms with E-state index in [1.54, 1.807) is 24.3 Å². The van der Waals surface area contributed by atoms with Crippen LogP contribution in [0.5, 0.6) is 11.5 Å². The maximum Gasteiger partial charge on any atom is 0.379 e. The molecule has 0 aliphatic carbocycles. The van der Waals surface area contributed by atoms with Crippen molar-refractivity contribution in [2.24, 2.45) is 0 Å². The van der Waals surface area contributed by atoms with Crippen molar-refractivity contribution < 1.29 is 18.3 Å². The maximum atomic E-state index is 12.0. The Morgan fingerprint density at radius 3 is 1.35 bits per heavy atom. The summed E-state index contributed by atoms with van der Waals surface area (Å²) < 4.78 is 21.8. The Hall–Kier alpha value is -3.54. The summed E-state index contributed by atoms with van der Waals surface area (Å²) in [5, 5.41) is 1.73. The molecule has 0 aliphatic rings. The Balaban J connectivity index is 1.03. The molecule has 0 N–H and O–H groups in total. The Morgan fingerprint density at radius 2 is 0.912 bits per heavy atom. The Morgan fingerprint density at radius 1 is 0.529 bits per heavy atom. The summed E-state index contributed by atoms with van der Waals surface area (Å²) in [4.78, 5) is 24.0. The lowest BCUT2D eigenvalue weighted by Crippen LogP contribution is -2.08. The van der Waals surface area contributed by atoms with Crippen LogP contribution in [-0.4, -0.2) is 13.2 Å². The summed E-state index contributed by atoms with van der Waals surface area (Å²) in [6.45, 7) is 1.03. The zero-order valence-corrected chi connectivity index (χ0v) is 19.3. The molecule has 0 atom stereocenters. The zero-order valence-electron chi connectivity index (χ0n) is 19.3. The number of benzene rings is 2. The molecule has 4 aromatic rings. The highest BCUT2D eigenvalue weighted by molar-refractivity contribution is 5.78. The molecule has 0 unspecified atom stereocenters. The second kappa shape index (κ2) is 12.1. The quantitative estimate of drug-likeness (QED) is 0.167. The molecular weight excluding hydrogens is 432 g/mol. The molecule has 0 aliphatic heterocycles. The fourth-order valence-electron chi connectivity index (χ4n) is 3.92. The lowest BCUT2D eigenvalue weighted by Gasteiger charge is -2.07. The summed E-state index contributed by atoms with van der Waals surface area (Å²) in [5.74, 6) is 0.560. The number of para-hydroxylation sites is 2. The van der Waals surface area contributed by atoms with Gasteiger partial charge < -0.3 is 18.3 Å². The number of unbranched alkanes of at least 4 members (excludes halogenated alkanes) is 7. The number of hydrogen-bond donors (Lipinski definition) is 0. The largest absolute Gasteiger partial charge is 0.487 e. The van der Waals surface area contributed by atoms with Gasteiger partial charge in [-0.3, -0.25) is 0 Å². The highest BCUT2D eigenvalue weighted by Crippen LogP contribution is 2.18. The van der Waals surface area contributed by atoms with E-state index < -0.39 is 11.3 Å². The molecule has 0 saturated carbocycles. The SMILES string of the molecule is O=c1oc2ccccc2cc1OCCCCCCCCCCOc1cc2ccccc2oc1=O. The van der Waals surface area contributed by atoms with Crippen molar-refractivity contribution in [3.63, 3.8) is 0 Å². The van der Waals surface area contributed by atoms with Crippen LogP contribution < -0.4 is 20.7 Å². The van der Waals surface area contributed by atoms with E-state index in [2.05, 4.69) is 0 Å². The van der Waals surface area contributed by atoms with Gasteiger partial charge in [-0.1, -0.05) is 74.9 Å². The van der Waals surface area contributed by atoms with Gasteiger partial charge in [0.2, 0.25) is 11.5 Å². The average molecular weight is 463 g/mol. The molecule has 6 heteroatoms. The first-order chi connectivity index (χ1) is 16.7. The fraction of sp³-hybridized carbons (Fsp3) is 0.357. The Kier molecular flexibility index (Phi) is 8.38. The number of fused-ring (bicyclic) bond motifs is 2. The van der Waals surface area contributed by atoms with E-state index in [4.69, 9.17) is 18.3 Å². The molecule has 0 radical (unpaired) electrons. The predicted molar refractivity (Wildman–Crippen MR) is 133 cm³/mol. The van der Waals surface area contributed by atoms with Crippen LogP contribution in [0.25, 0.3) is 21.9 Å². The Labute approximate surface area is 198 Å². The minimum atomic E-state index is -0.427. The van der Waals surface area contributed by atoms with E-state index in [9.17, 15) is 9.59 Å². The molecule has 34 heavy (non-hydrogen) atoms.